The Kier molecular flexibility index (Phi) is 22.3. The molecule has 0 saturated heterocycles. The highest BCUT2D eigenvalue weighted by Gasteiger charge is 2.37. The summed E-state index contributed by atoms with van der Waals surface area (Å²) < 4.78 is 27.3. The minimum absolute atomic E-state index is 0.0302. The van der Waals surface area contributed by atoms with Crippen LogP contribution in [-0.4, -0.2) is 50.1 Å². The van der Waals surface area contributed by atoms with Crippen LogP contribution in [0.4, 0.5) is 0 Å². The smallest absolute Gasteiger partial charge is 0.377 e. The fourth-order valence-corrected chi connectivity index (χ4v) is 5.66. The number of hydrogen-bond donors (Lipinski definition) is 0. The zero-order valence-corrected chi connectivity index (χ0v) is 21.9. The van der Waals surface area contributed by atoms with E-state index in [0.29, 0.717) is 6.61 Å². The third kappa shape index (κ3) is 17.7. The number of unbranched alkanes of at least 4 members (excludes halogenated alkanes) is 11. The molecular weight excluding hydrogens is 408 g/mol. The summed E-state index contributed by atoms with van der Waals surface area (Å²) in [6.45, 7) is 4.19. The lowest BCUT2D eigenvalue weighted by molar-refractivity contribution is -0.107. The predicted molar refractivity (Wildman–Crippen MR) is 132 cm³/mol. The Bertz CT molecular complexity index is 409. The van der Waals surface area contributed by atoms with Crippen molar-refractivity contribution in [2.75, 3.05) is 35.0 Å². The van der Waals surface area contributed by atoms with Gasteiger partial charge in [-0.1, -0.05) is 63.2 Å². The van der Waals surface area contributed by atoms with Crippen molar-refractivity contribution in [1.82, 2.24) is 0 Å². The first-order valence-corrected chi connectivity index (χ1v) is 14.2. The third-order valence-electron chi connectivity index (χ3n) is 5.65. The Morgan fingerprint density at radius 3 is 1.65 bits per heavy atom. The molecule has 0 aliphatic rings. The van der Waals surface area contributed by atoms with Gasteiger partial charge in [0.1, 0.15) is 0 Å². The van der Waals surface area contributed by atoms with Gasteiger partial charge in [-0.3, -0.25) is 0 Å². The first kappa shape index (κ1) is 30.5. The van der Waals surface area contributed by atoms with E-state index in [1.807, 2.05) is 0 Å². The highest BCUT2D eigenvalue weighted by Crippen LogP contribution is 2.19. The Morgan fingerprint density at radius 2 is 1.16 bits per heavy atom. The largest absolute Gasteiger partial charge is 0.500 e. The van der Waals surface area contributed by atoms with Crippen LogP contribution in [0.2, 0.25) is 6.04 Å². The number of ether oxygens (including phenoxy) is 2. The van der Waals surface area contributed by atoms with E-state index in [-0.39, 0.29) is 6.29 Å². The van der Waals surface area contributed by atoms with Gasteiger partial charge in [0.15, 0.2) is 6.29 Å². The van der Waals surface area contributed by atoms with Gasteiger partial charge in [-0.05, 0) is 44.9 Å². The van der Waals surface area contributed by atoms with Gasteiger partial charge < -0.3 is 22.8 Å². The Labute approximate surface area is 193 Å². The van der Waals surface area contributed by atoms with Gasteiger partial charge in [0.2, 0.25) is 0 Å². The first-order valence-electron chi connectivity index (χ1n) is 12.2. The molecule has 184 valence electrons. The van der Waals surface area contributed by atoms with Crippen molar-refractivity contribution in [3.8, 4) is 0 Å². The van der Waals surface area contributed by atoms with Crippen molar-refractivity contribution in [3.63, 3.8) is 0 Å². The van der Waals surface area contributed by atoms with Gasteiger partial charge in [0, 0.05) is 34.5 Å². The summed E-state index contributed by atoms with van der Waals surface area (Å²) in [5.74, 6) is 0. The van der Waals surface area contributed by atoms with E-state index in [4.69, 9.17) is 22.8 Å². The zero-order chi connectivity index (χ0) is 23.0. The van der Waals surface area contributed by atoms with Crippen LogP contribution < -0.4 is 0 Å². The summed E-state index contributed by atoms with van der Waals surface area (Å²) in [7, 11) is 4.32. The van der Waals surface area contributed by atoms with Gasteiger partial charge in [-0.25, -0.2) is 0 Å². The van der Waals surface area contributed by atoms with E-state index < -0.39 is 8.80 Å². The highest BCUT2D eigenvalue weighted by atomic mass is 28.4. The molecule has 0 aliphatic heterocycles. The van der Waals surface area contributed by atoms with Crippen LogP contribution in [0, 0.1) is 0 Å². The lowest BCUT2D eigenvalue weighted by Gasteiger charge is -2.25. The van der Waals surface area contributed by atoms with E-state index in [1.165, 1.54) is 77.0 Å². The molecule has 0 aromatic carbocycles. The van der Waals surface area contributed by atoms with Gasteiger partial charge in [-0.2, -0.15) is 0 Å². The van der Waals surface area contributed by atoms with E-state index >= 15 is 0 Å². The monoisotopic (exact) mass is 458 g/mol. The molecule has 0 amide bonds. The van der Waals surface area contributed by atoms with Crippen molar-refractivity contribution in [2.45, 2.75) is 102 Å². The molecule has 0 unspecified atom stereocenters. The quantitative estimate of drug-likeness (QED) is 0.0670. The van der Waals surface area contributed by atoms with Gasteiger partial charge in [-0.15, -0.1) is 6.58 Å². The van der Waals surface area contributed by atoms with Crippen LogP contribution in [0.5, 0.6) is 0 Å². The molecule has 0 saturated carbocycles. The molecule has 0 bridgehead atoms. The summed E-state index contributed by atoms with van der Waals surface area (Å²) in [4.78, 5) is 0. The van der Waals surface area contributed by atoms with Gasteiger partial charge in [0.05, 0.1) is 6.61 Å². The van der Waals surface area contributed by atoms with Crippen molar-refractivity contribution >= 4 is 8.80 Å². The molecule has 0 radical (unpaired) electrons. The molecule has 0 aromatic heterocycles. The molecule has 0 rings (SSSR count). The molecule has 0 aliphatic carbocycles. The molecule has 0 atom stereocenters. The molecule has 0 fully saturated rings. The second-order valence-corrected chi connectivity index (χ2v) is 11.0. The third-order valence-corrected chi connectivity index (χ3v) is 8.47. The normalized spacial score (nSPS) is 12.3. The molecule has 5 nitrogen and oxygen atoms in total. The summed E-state index contributed by atoms with van der Waals surface area (Å²) in [6, 6.07) is 0.886. The standard InChI is InChI=1S/C25H50O5Si/c1-6-23-30-31(28-4,29-5)24-21-19-17-15-13-11-9-7-8-10-12-14-16-18-20-22-25(26-2)27-3/h6-8,25H,1,9-24H2,2-5H3/b8-7-. The lowest BCUT2D eigenvalue weighted by Crippen LogP contribution is -2.43. The van der Waals surface area contributed by atoms with E-state index in [2.05, 4.69) is 18.7 Å². The summed E-state index contributed by atoms with van der Waals surface area (Å²) in [6.07, 6.45) is 23.8. The van der Waals surface area contributed by atoms with Gasteiger partial charge in [0.25, 0.3) is 0 Å². The molecule has 6 heteroatoms. The second-order valence-electron chi connectivity index (χ2n) is 8.07. The second kappa shape index (κ2) is 22.7. The van der Waals surface area contributed by atoms with Crippen molar-refractivity contribution in [2.24, 2.45) is 0 Å². The Hall–Kier alpha value is -0.503. The number of rotatable bonds is 24. The minimum Gasteiger partial charge on any atom is -0.377 e. The molecule has 0 heterocycles. The van der Waals surface area contributed by atoms with Crippen LogP contribution >= 0.6 is 0 Å². The molecular formula is C25H50O5Si. The predicted octanol–water partition coefficient (Wildman–Crippen LogP) is 7.06. The summed E-state index contributed by atoms with van der Waals surface area (Å²) >= 11 is 0. The molecule has 0 spiro atoms. The fraction of sp³-hybridized carbons (Fsp3) is 0.840. The maximum absolute atomic E-state index is 5.78. The van der Waals surface area contributed by atoms with E-state index in [1.54, 1.807) is 34.5 Å². The number of methoxy groups -OCH3 is 2. The summed E-state index contributed by atoms with van der Waals surface area (Å²) in [5, 5.41) is 0. The Morgan fingerprint density at radius 1 is 0.677 bits per heavy atom. The summed E-state index contributed by atoms with van der Waals surface area (Å²) in [5.41, 5.74) is 0. The molecule has 0 aromatic rings. The van der Waals surface area contributed by atoms with Crippen molar-refractivity contribution in [1.29, 1.82) is 0 Å². The first-order chi connectivity index (χ1) is 15.2. The molecule has 0 N–H and O–H groups in total. The van der Waals surface area contributed by atoms with Crippen molar-refractivity contribution in [3.05, 3.63) is 24.8 Å². The fourth-order valence-electron chi connectivity index (χ4n) is 3.65. The average Bonchev–Trinajstić information content (AvgIpc) is 2.80. The maximum Gasteiger partial charge on any atom is 0.500 e. The average molecular weight is 459 g/mol. The number of allylic oxidation sites excluding steroid dienone is 2. The highest BCUT2D eigenvalue weighted by molar-refractivity contribution is 6.60. The van der Waals surface area contributed by atoms with Crippen LogP contribution in [0.25, 0.3) is 0 Å². The lowest BCUT2D eigenvalue weighted by atomic mass is 10.1. The topological polar surface area (TPSA) is 46.2 Å². The van der Waals surface area contributed by atoms with E-state index in [9.17, 15) is 0 Å². The Balaban J connectivity index is 3.45. The van der Waals surface area contributed by atoms with Crippen LogP contribution in [0.1, 0.15) is 89.9 Å². The van der Waals surface area contributed by atoms with Crippen molar-refractivity contribution < 1.29 is 22.8 Å². The van der Waals surface area contributed by atoms with Gasteiger partial charge >= 0.3 is 8.80 Å². The van der Waals surface area contributed by atoms with E-state index in [0.717, 1.165) is 18.9 Å². The molecule has 31 heavy (non-hydrogen) atoms. The van der Waals surface area contributed by atoms with Crippen LogP contribution in [0.15, 0.2) is 24.8 Å². The zero-order valence-electron chi connectivity index (χ0n) is 20.9. The maximum atomic E-state index is 5.78. The minimum atomic E-state index is -2.47. The van der Waals surface area contributed by atoms with Crippen LogP contribution in [0.3, 0.4) is 0 Å². The van der Waals surface area contributed by atoms with Crippen LogP contribution in [-0.2, 0) is 22.8 Å². The SMILES string of the molecule is C=CCO[Si](CCCCCCCC/C=C\CCCCCCCC(OC)OC)(OC)OC. The number of hydrogen-bond acceptors (Lipinski definition) is 5.